The van der Waals surface area contributed by atoms with E-state index in [1.807, 2.05) is 17.2 Å². The number of aromatic amines is 2. The number of piperidine rings is 1. The number of carbonyl (C=O) groups excluding carboxylic acids is 1. The van der Waals surface area contributed by atoms with Crippen LogP contribution in [0.2, 0.25) is 0 Å². The smallest absolute Gasteiger partial charge is 0.274 e. The summed E-state index contributed by atoms with van der Waals surface area (Å²) in [6.07, 6.45) is 5.47. The number of morpholine rings is 1. The molecule has 2 fully saturated rings. The number of carbonyl (C=O) groups is 1. The molecule has 2 N–H and O–H groups in total. The first-order valence-electron chi connectivity index (χ1n) is 10.5. The predicted molar refractivity (Wildman–Crippen MR) is 111 cm³/mol. The zero-order chi connectivity index (χ0) is 19.6. The summed E-state index contributed by atoms with van der Waals surface area (Å²) in [6, 6.07) is 11.0. The second-order valence-corrected chi connectivity index (χ2v) is 7.99. The second-order valence-electron chi connectivity index (χ2n) is 7.99. The largest absolute Gasteiger partial charge is 0.378 e. The summed E-state index contributed by atoms with van der Waals surface area (Å²) in [7, 11) is 0. The summed E-state index contributed by atoms with van der Waals surface area (Å²) in [4.78, 5) is 20.3. The maximum Gasteiger partial charge on any atom is 0.274 e. The lowest BCUT2D eigenvalue weighted by molar-refractivity contribution is 0.0299. The second kappa shape index (κ2) is 8.00. The van der Waals surface area contributed by atoms with Gasteiger partial charge in [0.1, 0.15) is 5.69 Å². The highest BCUT2D eigenvalue weighted by molar-refractivity contribution is 5.92. The molecule has 1 aromatic carbocycles. The molecule has 0 aliphatic carbocycles. The summed E-state index contributed by atoms with van der Waals surface area (Å²) in [5.41, 5.74) is 4.04. The van der Waals surface area contributed by atoms with Crippen LogP contribution in [-0.2, 0) is 11.3 Å². The van der Waals surface area contributed by atoms with Gasteiger partial charge in [0, 0.05) is 31.3 Å². The Kier molecular flexibility index (Phi) is 5.08. The Labute approximate surface area is 170 Å². The van der Waals surface area contributed by atoms with Crippen molar-refractivity contribution < 1.29 is 9.53 Å². The van der Waals surface area contributed by atoms with E-state index in [4.69, 9.17) is 4.74 Å². The topological polar surface area (TPSA) is 77.2 Å². The van der Waals surface area contributed by atoms with Crippen LogP contribution >= 0.6 is 0 Å². The molecule has 0 radical (unpaired) electrons. The van der Waals surface area contributed by atoms with Crippen molar-refractivity contribution in [2.75, 3.05) is 32.8 Å². The van der Waals surface area contributed by atoms with Gasteiger partial charge in [-0.05, 0) is 54.6 Å². The fourth-order valence-electron chi connectivity index (χ4n) is 4.51. The summed E-state index contributed by atoms with van der Waals surface area (Å²) in [6.45, 7) is 4.44. The van der Waals surface area contributed by atoms with Crippen LogP contribution in [0, 0.1) is 0 Å². The van der Waals surface area contributed by atoms with Gasteiger partial charge in [-0.1, -0.05) is 12.5 Å². The SMILES string of the molecule is O=C(c1cc([C@H]2CCCCN2Cc2ccc3[nH]ccc3c2)[nH]n1)N1CCOCC1. The monoisotopic (exact) mass is 393 g/mol. The normalized spacial score (nSPS) is 21.0. The highest BCUT2D eigenvalue weighted by Gasteiger charge is 2.28. The zero-order valence-corrected chi connectivity index (χ0v) is 16.6. The van der Waals surface area contributed by atoms with Crippen molar-refractivity contribution in [3.63, 3.8) is 0 Å². The maximum absolute atomic E-state index is 12.7. The van der Waals surface area contributed by atoms with Crippen LogP contribution < -0.4 is 0 Å². The molecule has 0 bridgehead atoms. The Morgan fingerprint density at radius 3 is 2.93 bits per heavy atom. The van der Waals surface area contributed by atoms with Crippen molar-refractivity contribution in [1.29, 1.82) is 0 Å². The van der Waals surface area contributed by atoms with Crippen molar-refractivity contribution in [2.45, 2.75) is 31.8 Å². The zero-order valence-electron chi connectivity index (χ0n) is 16.6. The van der Waals surface area contributed by atoms with E-state index in [0.29, 0.717) is 32.0 Å². The lowest BCUT2D eigenvalue weighted by Gasteiger charge is -2.35. The number of fused-ring (bicyclic) bond motifs is 1. The number of likely N-dealkylation sites (tertiary alicyclic amines) is 1. The van der Waals surface area contributed by atoms with Crippen molar-refractivity contribution >= 4 is 16.8 Å². The minimum atomic E-state index is -0.00364. The van der Waals surface area contributed by atoms with Crippen molar-refractivity contribution in [3.05, 3.63) is 53.5 Å². The van der Waals surface area contributed by atoms with Gasteiger partial charge in [-0.25, -0.2) is 0 Å². The van der Waals surface area contributed by atoms with Crippen LogP contribution in [0.1, 0.15) is 47.1 Å². The molecule has 3 aromatic rings. The molecule has 4 heterocycles. The standard InChI is InChI=1S/C22H27N5O2/c28-22(26-9-11-29-12-10-26)20-14-19(24-25-20)21-3-1-2-8-27(21)15-16-4-5-18-17(13-16)6-7-23-18/h4-7,13-14,21,23H,1-3,8-12,15H2,(H,24,25)/t21-/m1/s1. The first-order chi connectivity index (χ1) is 14.3. The first kappa shape index (κ1) is 18.4. The molecule has 5 rings (SSSR count). The van der Waals surface area contributed by atoms with E-state index in [9.17, 15) is 4.79 Å². The van der Waals surface area contributed by atoms with Gasteiger partial charge in [-0.2, -0.15) is 5.10 Å². The van der Waals surface area contributed by atoms with Crippen LogP contribution in [-0.4, -0.2) is 63.7 Å². The van der Waals surface area contributed by atoms with E-state index < -0.39 is 0 Å². The van der Waals surface area contributed by atoms with Crippen LogP contribution in [0.25, 0.3) is 10.9 Å². The minimum absolute atomic E-state index is 0.00364. The molecule has 152 valence electrons. The fourth-order valence-corrected chi connectivity index (χ4v) is 4.51. The van der Waals surface area contributed by atoms with Crippen LogP contribution in [0.3, 0.4) is 0 Å². The number of amides is 1. The average molecular weight is 393 g/mol. The van der Waals surface area contributed by atoms with Gasteiger partial charge in [-0.15, -0.1) is 0 Å². The summed E-state index contributed by atoms with van der Waals surface area (Å²) >= 11 is 0. The number of rotatable bonds is 4. The molecule has 1 amide bonds. The maximum atomic E-state index is 12.7. The Bertz CT molecular complexity index is 988. The van der Waals surface area contributed by atoms with Crippen molar-refractivity contribution in [3.8, 4) is 0 Å². The highest BCUT2D eigenvalue weighted by atomic mass is 16.5. The molecule has 2 aliphatic heterocycles. The number of nitrogens with one attached hydrogen (secondary N) is 2. The Morgan fingerprint density at radius 1 is 1.14 bits per heavy atom. The van der Waals surface area contributed by atoms with Gasteiger partial charge < -0.3 is 14.6 Å². The lowest BCUT2D eigenvalue weighted by Crippen LogP contribution is -2.40. The third kappa shape index (κ3) is 3.80. The molecule has 2 aromatic heterocycles. The molecule has 2 saturated heterocycles. The molecule has 0 saturated carbocycles. The van der Waals surface area contributed by atoms with Gasteiger partial charge in [0.2, 0.25) is 0 Å². The molecule has 7 heteroatoms. The predicted octanol–water partition coefficient (Wildman–Crippen LogP) is 3.09. The quantitative estimate of drug-likeness (QED) is 0.714. The lowest BCUT2D eigenvalue weighted by atomic mass is 9.98. The highest BCUT2D eigenvalue weighted by Crippen LogP contribution is 2.32. The summed E-state index contributed by atoms with van der Waals surface area (Å²) in [5.74, 6) is -0.00364. The summed E-state index contributed by atoms with van der Waals surface area (Å²) in [5, 5.41) is 8.76. The fraction of sp³-hybridized carbons (Fsp3) is 0.455. The van der Waals surface area contributed by atoms with Crippen LogP contribution in [0.15, 0.2) is 36.5 Å². The molecule has 0 unspecified atom stereocenters. The Balaban J connectivity index is 1.33. The minimum Gasteiger partial charge on any atom is -0.378 e. The van der Waals surface area contributed by atoms with E-state index >= 15 is 0 Å². The van der Waals surface area contributed by atoms with Gasteiger partial charge in [0.15, 0.2) is 0 Å². The molecule has 29 heavy (non-hydrogen) atoms. The van der Waals surface area contributed by atoms with Crippen LogP contribution in [0.5, 0.6) is 0 Å². The Morgan fingerprint density at radius 2 is 2.03 bits per heavy atom. The first-order valence-corrected chi connectivity index (χ1v) is 10.5. The molecule has 0 spiro atoms. The third-order valence-electron chi connectivity index (χ3n) is 6.09. The third-order valence-corrected chi connectivity index (χ3v) is 6.09. The number of hydrogen-bond donors (Lipinski definition) is 2. The number of H-pyrrole nitrogens is 2. The molecule has 2 aliphatic rings. The number of aromatic nitrogens is 3. The summed E-state index contributed by atoms with van der Waals surface area (Å²) < 4.78 is 5.35. The van der Waals surface area contributed by atoms with Gasteiger partial charge in [-0.3, -0.25) is 14.8 Å². The average Bonchev–Trinajstić information content (AvgIpc) is 3.44. The van der Waals surface area contributed by atoms with E-state index in [1.165, 1.54) is 29.3 Å². The van der Waals surface area contributed by atoms with Crippen LogP contribution in [0.4, 0.5) is 0 Å². The van der Waals surface area contributed by atoms with E-state index in [2.05, 4.69) is 44.3 Å². The number of nitrogens with zero attached hydrogens (tertiary/aromatic N) is 3. The van der Waals surface area contributed by atoms with E-state index in [1.54, 1.807) is 0 Å². The molecule has 7 nitrogen and oxygen atoms in total. The van der Waals surface area contributed by atoms with Crippen molar-refractivity contribution in [1.82, 2.24) is 25.0 Å². The van der Waals surface area contributed by atoms with Crippen molar-refractivity contribution in [2.24, 2.45) is 0 Å². The van der Waals surface area contributed by atoms with Gasteiger partial charge in [0.05, 0.1) is 24.9 Å². The van der Waals surface area contributed by atoms with E-state index in [0.717, 1.165) is 25.2 Å². The number of benzene rings is 1. The van der Waals surface area contributed by atoms with Gasteiger partial charge in [0.25, 0.3) is 5.91 Å². The molecular formula is C22H27N5O2. The van der Waals surface area contributed by atoms with Gasteiger partial charge >= 0.3 is 0 Å². The molecule has 1 atom stereocenters. The van der Waals surface area contributed by atoms with E-state index in [-0.39, 0.29) is 11.9 Å². The number of hydrogen-bond acceptors (Lipinski definition) is 4. The molecular weight excluding hydrogens is 366 g/mol. The number of ether oxygens (including phenoxy) is 1. The Hall–Kier alpha value is -2.64.